The SMILES string of the molecule is CC(C)NS(=O)(=O)c1ccc(CCC(=O)Nc2ccc(Cl)cc2Cl)cc1. The van der Waals surface area contributed by atoms with Crippen molar-refractivity contribution in [3.05, 3.63) is 58.1 Å². The second-order valence-corrected chi connectivity index (χ2v) is 8.65. The summed E-state index contributed by atoms with van der Waals surface area (Å²) in [6.07, 6.45) is 0.726. The summed E-state index contributed by atoms with van der Waals surface area (Å²) in [6.45, 7) is 3.52. The number of benzene rings is 2. The van der Waals surface area contributed by atoms with E-state index in [-0.39, 0.29) is 23.3 Å². The van der Waals surface area contributed by atoms with Gasteiger partial charge < -0.3 is 5.32 Å². The first kappa shape index (κ1) is 20.7. The average Bonchev–Trinajstić information content (AvgIpc) is 2.55. The molecule has 0 unspecified atom stereocenters. The molecule has 0 fully saturated rings. The number of sulfonamides is 1. The van der Waals surface area contributed by atoms with E-state index in [0.29, 0.717) is 22.2 Å². The Balaban J connectivity index is 1.94. The van der Waals surface area contributed by atoms with Crippen LogP contribution in [0.2, 0.25) is 10.0 Å². The highest BCUT2D eigenvalue weighted by atomic mass is 35.5. The zero-order valence-corrected chi connectivity index (χ0v) is 16.8. The third-order valence-electron chi connectivity index (χ3n) is 3.47. The number of aryl methyl sites for hydroxylation is 1. The number of hydrogen-bond donors (Lipinski definition) is 2. The molecule has 0 aliphatic carbocycles. The summed E-state index contributed by atoms with van der Waals surface area (Å²) in [5, 5.41) is 3.60. The maximum absolute atomic E-state index is 12.1. The number of halogens is 2. The molecule has 8 heteroatoms. The molecule has 0 aliphatic rings. The van der Waals surface area contributed by atoms with Crippen LogP contribution in [0.4, 0.5) is 5.69 Å². The van der Waals surface area contributed by atoms with Gasteiger partial charge in [0.05, 0.1) is 15.6 Å². The highest BCUT2D eigenvalue weighted by Crippen LogP contribution is 2.25. The van der Waals surface area contributed by atoms with Crippen molar-refractivity contribution >= 4 is 44.8 Å². The van der Waals surface area contributed by atoms with Crippen LogP contribution >= 0.6 is 23.2 Å². The molecule has 2 N–H and O–H groups in total. The molecule has 0 aromatic heterocycles. The second-order valence-electron chi connectivity index (χ2n) is 6.09. The van der Waals surface area contributed by atoms with Gasteiger partial charge >= 0.3 is 0 Å². The number of amides is 1. The Morgan fingerprint density at radius 3 is 2.31 bits per heavy atom. The van der Waals surface area contributed by atoms with Crippen molar-refractivity contribution in [3.8, 4) is 0 Å². The van der Waals surface area contributed by atoms with E-state index in [1.165, 1.54) is 12.1 Å². The van der Waals surface area contributed by atoms with Gasteiger partial charge in [-0.3, -0.25) is 4.79 Å². The third-order valence-corrected chi connectivity index (χ3v) is 5.69. The number of anilines is 1. The predicted molar refractivity (Wildman–Crippen MR) is 105 cm³/mol. The predicted octanol–water partition coefficient (Wildman–Crippen LogP) is 4.25. The third kappa shape index (κ3) is 5.99. The molecule has 140 valence electrons. The molecule has 0 bridgehead atoms. The van der Waals surface area contributed by atoms with Crippen LogP contribution in [-0.2, 0) is 21.2 Å². The molecule has 0 saturated heterocycles. The largest absolute Gasteiger partial charge is 0.325 e. The van der Waals surface area contributed by atoms with Crippen LogP contribution in [0.25, 0.3) is 0 Å². The van der Waals surface area contributed by atoms with Crippen molar-refractivity contribution in [1.29, 1.82) is 0 Å². The minimum Gasteiger partial charge on any atom is -0.325 e. The van der Waals surface area contributed by atoms with E-state index in [9.17, 15) is 13.2 Å². The summed E-state index contributed by atoms with van der Waals surface area (Å²) in [5.74, 6) is -0.188. The van der Waals surface area contributed by atoms with E-state index in [0.717, 1.165) is 5.56 Å². The van der Waals surface area contributed by atoms with Gasteiger partial charge in [-0.25, -0.2) is 13.1 Å². The fraction of sp³-hybridized carbons (Fsp3) is 0.278. The molecule has 0 heterocycles. The first-order chi connectivity index (χ1) is 12.2. The van der Waals surface area contributed by atoms with Gasteiger partial charge in [0, 0.05) is 17.5 Å². The molecule has 2 aromatic rings. The monoisotopic (exact) mass is 414 g/mol. The minimum atomic E-state index is -3.51. The Morgan fingerprint density at radius 1 is 1.08 bits per heavy atom. The summed E-state index contributed by atoms with van der Waals surface area (Å²) in [4.78, 5) is 12.3. The van der Waals surface area contributed by atoms with Gasteiger partial charge in [-0.05, 0) is 56.2 Å². The summed E-state index contributed by atoms with van der Waals surface area (Å²) < 4.78 is 26.7. The Bertz CT molecular complexity index is 882. The molecule has 2 aromatic carbocycles. The van der Waals surface area contributed by atoms with E-state index in [1.54, 1.807) is 44.2 Å². The smallest absolute Gasteiger partial charge is 0.240 e. The van der Waals surface area contributed by atoms with E-state index >= 15 is 0 Å². The Morgan fingerprint density at radius 2 is 1.73 bits per heavy atom. The van der Waals surface area contributed by atoms with Crippen molar-refractivity contribution < 1.29 is 13.2 Å². The molecule has 0 spiro atoms. The van der Waals surface area contributed by atoms with Crippen LogP contribution in [0.1, 0.15) is 25.8 Å². The van der Waals surface area contributed by atoms with Crippen LogP contribution in [0.5, 0.6) is 0 Å². The Kier molecular flexibility index (Phi) is 7.06. The van der Waals surface area contributed by atoms with Gasteiger partial charge in [-0.2, -0.15) is 0 Å². The first-order valence-electron chi connectivity index (χ1n) is 8.03. The molecule has 0 atom stereocenters. The minimum absolute atomic E-state index is 0.178. The molecule has 0 radical (unpaired) electrons. The topological polar surface area (TPSA) is 75.3 Å². The lowest BCUT2D eigenvalue weighted by molar-refractivity contribution is -0.116. The lowest BCUT2D eigenvalue weighted by Gasteiger charge is -2.10. The summed E-state index contributed by atoms with van der Waals surface area (Å²) in [7, 11) is -3.51. The lowest BCUT2D eigenvalue weighted by Crippen LogP contribution is -2.30. The summed E-state index contributed by atoms with van der Waals surface area (Å²) in [6, 6.07) is 11.2. The summed E-state index contributed by atoms with van der Waals surface area (Å²) >= 11 is 11.8. The van der Waals surface area contributed by atoms with Crippen LogP contribution in [-0.4, -0.2) is 20.4 Å². The zero-order valence-electron chi connectivity index (χ0n) is 14.4. The second kappa shape index (κ2) is 8.86. The fourth-order valence-electron chi connectivity index (χ4n) is 2.28. The van der Waals surface area contributed by atoms with Crippen LogP contribution < -0.4 is 10.0 Å². The first-order valence-corrected chi connectivity index (χ1v) is 10.3. The number of carbonyl (C=O) groups is 1. The van der Waals surface area contributed by atoms with Crippen molar-refractivity contribution in [2.45, 2.75) is 37.6 Å². The number of nitrogens with one attached hydrogen (secondary N) is 2. The van der Waals surface area contributed by atoms with E-state index in [4.69, 9.17) is 23.2 Å². The van der Waals surface area contributed by atoms with Gasteiger partial charge in [0.25, 0.3) is 0 Å². The van der Waals surface area contributed by atoms with Crippen LogP contribution in [0.3, 0.4) is 0 Å². The molecule has 1 amide bonds. The molecule has 2 rings (SSSR count). The van der Waals surface area contributed by atoms with Gasteiger partial charge in [0.15, 0.2) is 0 Å². The van der Waals surface area contributed by atoms with Crippen LogP contribution in [0.15, 0.2) is 47.4 Å². The number of carbonyl (C=O) groups excluding carboxylic acids is 1. The lowest BCUT2D eigenvalue weighted by atomic mass is 10.1. The molecular weight excluding hydrogens is 395 g/mol. The van der Waals surface area contributed by atoms with Gasteiger partial charge in [-0.15, -0.1) is 0 Å². The quantitative estimate of drug-likeness (QED) is 0.710. The van der Waals surface area contributed by atoms with E-state index < -0.39 is 10.0 Å². The molecule has 5 nitrogen and oxygen atoms in total. The zero-order chi connectivity index (χ0) is 19.3. The maximum atomic E-state index is 12.1. The standard InChI is InChI=1S/C18H20Cl2N2O3S/c1-12(2)22-26(24,25)15-7-3-13(4-8-15)5-10-18(23)21-17-9-6-14(19)11-16(17)20/h3-4,6-9,11-12,22H,5,10H2,1-2H3,(H,21,23). The van der Waals surface area contributed by atoms with Crippen molar-refractivity contribution in [2.24, 2.45) is 0 Å². The van der Waals surface area contributed by atoms with Gasteiger partial charge in [0.1, 0.15) is 0 Å². The molecular formula is C18H20Cl2N2O3S. The Labute approximate surface area is 163 Å². The maximum Gasteiger partial charge on any atom is 0.240 e. The van der Waals surface area contributed by atoms with Gasteiger partial charge in [-0.1, -0.05) is 35.3 Å². The number of hydrogen-bond acceptors (Lipinski definition) is 3. The highest BCUT2D eigenvalue weighted by molar-refractivity contribution is 7.89. The van der Waals surface area contributed by atoms with E-state index in [2.05, 4.69) is 10.0 Å². The molecule has 26 heavy (non-hydrogen) atoms. The Hall–Kier alpha value is -1.60. The van der Waals surface area contributed by atoms with Crippen molar-refractivity contribution in [1.82, 2.24) is 4.72 Å². The van der Waals surface area contributed by atoms with Crippen molar-refractivity contribution in [2.75, 3.05) is 5.32 Å². The average molecular weight is 415 g/mol. The van der Waals surface area contributed by atoms with E-state index in [1.807, 2.05) is 0 Å². The van der Waals surface area contributed by atoms with Gasteiger partial charge in [0.2, 0.25) is 15.9 Å². The fourth-order valence-corrected chi connectivity index (χ4v) is 3.98. The molecule has 0 aliphatic heterocycles. The van der Waals surface area contributed by atoms with Crippen LogP contribution in [0, 0.1) is 0 Å². The summed E-state index contributed by atoms with van der Waals surface area (Å²) in [5.41, 5.74) is 1.37. The molecule has 0 saturated carbocycles. The van der Waals surface area contributed by atoms with Crippen molar-refractivity contribution in [3.63, 3.8) is 0 Å². The normalized spacial score (nSPS) is 11.6. The number of rotatable bonds is 7. The highest BCUT2D eigenvalue weighted by Gasteiger charge is 2.15.